The fraction of sp³-hybridized carbons (Fsp3) is 0.0400. The minimum Gasteiger partial charge on any atom is -0.289 e. The third-order valence-corrected chi connectivity index (χ3v) is 5.52. The van der Waals surface area contributed by atoms with Gasteiger partial charge in [0.05, 0.1) is 17.8 Å². The van der Waals surface area contributed by atoms with E-state index in [1.807, 2.05) is 60.7 Å². The molecule has 2 aromatic heterocycles. The Labute approximate surface area is 199 Å². The highest BCUT2D eigenvalue weighted by Crippen LogP contribution is 2.24. The Morgan fingerprint density at radius 2 is 1.68 bits per heavy atom. The lowest BCUT2D eigenvalue weighted by atomic mass is 10.1. The van der Waals surface area contributed by atoms with Crippen LogP contribution in [0.15, 0.2) is 91.4 Å². The summed E-state index contributed by atoms with van der Waals surface area (Å²) in [7, 11) is 0. The maximum atomic E-state index is 14.1. The standard InChI is InChI=1S/C25H18ClFN6O/c26-21-12-7-13-22(27)19(21)14-32-16-28-25(31-32)29-24(34)20-15-33(18-10-5-2-6-11-18)30-23(20)17-8-3-1-4-9-17/h1-13,15-16H,14H2,(H,29,31,34). The Morgan fingerprint density at radius 3 is 2.41 bits per heavy atom. The minimum absolute atomic E-state index is 0.0790. The quantitative estimate of drug-likeness (QED) is 0.367. The molecular weight excluding hydrogens is 455 g/mol. The molecule has 0 bridgehead atoms. The van der Waals surface area contributed by atoms with Gasteiger partial charge >= 0.3 is 0 Å². The summed E-state index contributed by atoms with van der Waals surface area (Å²) in [5.41, 5.74) is 2.81. The van der Waals surface area contributed by atoms with Crippen LogP contribution in [0.25, 0.3) is 16.9 Å². The summed E-state index contributed by atoms with van der Waals surface area (Å²) in [6.07, 6.45) is 3.08. The molecule has 168 valence electrons. The van der Waals surface area contributed by atoms with Crippen LogP contribution in [0.1, 0.15) is 15.9 Å². The molecule has 9 heteroatoms. The van der Waals surface area contributed by atoms with Gasteiger partial charge in [-0.15, -0.1) is 5.10 Å². The lowest BCUT2D eigenvalue weighted by molar-refractivity contribution is 0.102. The Morgan fingerprint density at radius 1 is 0.941 bits per heavy atom. The highest BCUT2D eigenvalue weighted by Gasteiger charge is 2.20. The number of hydrogen-bond donors (Lipinski definition) is 1. The summed E-state index contributed by atoms with van der Waals surface area (Å²) < 4.78 is 17.2. The van der Waals surface area contributed by atoms with E-state index in [0.717, 1.165) is 11.3 Å². The average Bonchev–Trinajstić information content (AvgIpc) is 3.50. The summed E-state index contributed by atoms with van der Waals surface area (Å²) in [6.45, 7) is 0.0790. The first-order chi connectivity index (χ1) is 16.6. The zero-order valence-electron chi connectivity index (χ0n) is 17.8. The predicted octanol–water partition coefficient (Wildman–Crippen LogP) is 5.22. The summed E-state index contributed by atoms with van der Waals surface area (Å²) >= 11 is 6.10. The van der Waals surface area contributed by atoms with Crippen LogP contribution in [0.3, 0.4) is 0 Å². The number of halogens is 2. The molecule has 0 saturated heterocycles. The molecule has 1 N–H and O–H groups in total. The molecule has 2 heterocycles. The van der Waals surface area contributed by atoms with Crippen molar-refractivity contribution >= 4 is 23.5 Å². The van der Waals surface area contributed by atoms with Gasteiger partial charge in [0, 0.05) is 22.3 Å². The van der Waals surface area contributed by atoms with Crippen molar-refractivity contribution in [1.29, 1.82) is 0 Å². The monoisotopic (exact) mass is 472 g/mol. The smallest absolute Gasteiger partial charge is 0.261 e. The minimum atomic E-state index is -0.436. The number of nitrogens with zero attached hydrogens (tertiary/aromatic N) is 5. The zero-order valence-corrected chi connectivity index (χ0v) is 18.5. The van der Waals surface area contributed by atoms with Gasteiger partial charge in [0.1, 0.15) is 17.8 Å². The molecule has 0 unspecified atom stereocenters. The third-order valence-electron chi connectivity index (χ3n) is 5.17. The number of hydrogen-bond acceptors (Lipinski definition) is 4. The number of anilines is 1. The van der Waals surface area contributed by atoms with Crippen molar-refractivity contribution in [2.24, 2.45) is 0 Å². The Kier molecular flexibility index (Phi) is 5.88. The number of aromatic nitrogens is 5. The maximum absolute atomic E-state index is 14.1. The molecule has 0 radical (unpaired) electrons. The Hall–Kier alpha value is -4.30. The van der Waals surface area contributed by atoms with Crippen LogP contribution >= 0.6 is 11.6 Å². The van der Waals surface area contributed by atoms with Gasteiger partial charge in [-0.05, 0) is 24.3 Å². The molecule has 3 aromatic carbocycles. The molecule has 0 spiro atoms. The molecule has 0 atom stereocenters. The number of rotatable bonds is 6. The Balaban J connectivity index is 1.42. The number of nitrogens with one attached hydrogen (secondary N) is 1. The van der Waals surface area contributed by atoms with E-state index in [2.05, 4.69) is 20.5 Å². The van der Waals surface area contributed by atoms with E-state index in [1.165, 1.54) is 23.1 Å². The molecule has 0 aliphatic carbocycles. The molecule has 0 fully saturated rings. The van der Waals surface area contributed by atoms with Crippen LogP contribution in [-0.2, 0) is 6.54 Å². The van der Waals surface area contributed by atoms with Gasteiger partial charge in [-0.2, -0.15) is 5.10 Å². The molecule has 0 saturated carbocycles. The lowest BCUT2D eigenvalue weighted by Crippen LogP contribution is -2.14. The highest BCUT2D eigenvalue weighted by molar-refractivity contribution is 6.31. The van der Waals surface area contributed by atoms with Crippen LogP contribution in [0.4, 0.5) is 10.3 Å². The predicted molar refractivity (Wildman–Crippen MR) is 127 cm³/mol. The summed E-state index contributed by atoms with van der Waals surface area (Å²) in [6, 6.07) is 23.4. The molecular formula is C25H18ClFN6O. The number of carbonyl (C=O) groups excluding carboxylic acids is 1. The summed E-state index contributed by atoms with van der Waals surface area (Å²) in [5, 5.41) is 11.9. The largest absolute Gasteiger partial charge is 0.289 e. The lowest BCUT2D eigenvalue weighted by Gasteiger charge is -2.05. The van der Waals surface area contributed by atoms with Crippen LogP contribution in [0.5, 0.6) is 0 Å². The first-order valence-electron chi connectivity index (χ1n) is 10.4. The maximum Gasteiger partial charge on any atom is 0.261 e. The molecule has 5 aromatic rings. The Bertz CT molecular complexity index is 1430. The van der Waals surface area contributed by atoms with Crippen molar-refractivity contribution in [2.45, 2.75) is 6.54 Å². The van der Waals surface area contributed by atoms with E-state index in [9.17, 15) is 9.18 Å². The van der Waals surface area contributed by atoms with Crippen LogP contribution in [-0.4, -0.2) is 30.5 Å². The van der Waals surface area contributed by atoms with Crippen molar-refractivity contribution in [2.75, 3.05) is 5.32 Å². The molecule has 0 aliphatic rings. The average molecular weight is 473 g/mol. The third kappa shape index (κ3) is 4.44. The van der Waals surface area contributed by atoms with Gasteiger partial charge in [0.2, 0.25) is 5.95 Å². The zero-order chi connectivity index (χ0) is 23.5. The van der Waals surface area contributed by atoms with Gasteiger partial charge in [-0.3, -0.25) is 10.1 Å². The SMILES string of the molecule is O=C(Nc1ncn(Cc2c(F)cccc2Cl)n1)c1cn(-c2ccccc2)nc1-c1ccccc1. The van der Waals surface area contributed by atoms with Crippen molar-refractivity contribution < 1.29 is 9.18 Å². The van der Waals surface area contributed by atoms with E-state index in [0.29, 0.717) is 21.8 Å². The number of para-hydroxylation sites is 1. The fourth-order valence-corrected chi connectivity index (χ4v) is 3.73. The second-order valence-corrected chi connectivity index (χ2v) is 7.86. The molecule has 0 aliphatic heterocycles. The van der Waals surface area contributed by atoms with Gasteiger partial charge in [0.15, 0.2) is 0 Å². The second-order valence-electron chi connectivity index (χ2n) is 7.46. The number of amides is 1. The molecule has 34 heavy (non-hydrogen) atoms. The van der Waals surface area contributed by atoms with Crippen molar-refractivity contribution in [3.63, 3.8) is 0 Å². The van der Waals surface area contributed by atoms with Gasteiger partial charge < -0.3 is 0 Å². The first kappa shape index (κ1) is 21.5. The van der Waals surface area contributed by atoms with Crippen molar-refractivity contribution in [3.05, 3.63) is 113 Å². The van der Waals surface area contributed by atoms with E-state index in [-0.39, 0.29) is 12.5 Å². The van der Waals surface area contributed by atoms with E-state index < -0.39 is 11.7 Å². The second kappa shape index (κ2) is 9.29. The molecule has 1 amide bonds. The summed E-state index contributed by atoms with van der Waals surface area (Å²) in [4.78, 5) is 17.3. The highest BCUT2D eigenvalue weighted by atomic mass is 35.5. The van der Waals surface area contributed by atoms with Gasteiger partial charge in [-0.25, -0.2) is 18.7 Å². The first-order valence-corrected chi connectivity index (χ1v) is 10.8. The molecule has 7 nitrogen and oxygen atoms in total. The fourth-order valence-electron chi connectivity index (χ4n) is 3.50. The van der Waals surface area contributed by atoms with E-state index in [4.69, 9.17) is 11.6 Å². The van der Waals surface area contributed by atoms with Crippen molar-refractivity contribution in [1.82, 2.24) is 24.5 Å². The number of benzene rings is 3. The van der Waals surface area contributed by atoms with Crippen molar-refractivity contribution in [3.8, 4) is 16.9 Å². The van der Waals surface area contributed by atoms with Crippen LogP contribution in [0.2, 0.25) is 5.02 Å². The number of carbonyl (C=O) groups is 1. The van der Waals surface area contributed by atoms with Crippen LogP contribution in [0, 0.1) is 5.82 Å². The van der Waals surface area contributed by atoms with Gasteiger partial charge in [-0.1, -0.05) is 66.2 Å². The van der Waals surface area contributed by atoms with Gasteiger partial charge in [0.25, 0.3) is 5.91 Å². The van der Waals surface area contributed by atoms with E-state index >= 15 is 0 Å². The normalized spacial score (nSPS) is 10.9. The molecule has 5 rings (SSSR count). The van der Waals surface area contributed by atoms with E-state index in [1.54, 1.807) is 16.9 Å². The topological polar surface area (TPSA) is 77.6 Å². The summed E-state index contributed by atoms with van der Waals surface area (Å²) in [5.74, 6) is -0.763. The van der Waals surface area contributed by atoms with Crippen LogP contribution < -0.4 is 5.32 Å².